The molecule has 0 radical (unpaired) electrons. The van der Waals surface area contributed by atoms with E-state index in [1.807, 2.05) is 42.5 Å². The van der Waals surface area contributed by atoms with Gasteiger partial charge in [0.2, 0.25) is 0 Å². The first-order valence-corrected chi connectivity index (χ1v) is 10.4. The molecule has 1 fully saturated rings. The van der Waals surface area contributed by atoms with Crippen LogP contribution in [0, 0.1) is 0 Å². The van der Waals surface area contributed by atoms with Crippen LogP contribution in [0.2, 0.25) is 0 Å². The third-order valence-electron chi connectivity index (χ3n) is 4.42. The highest BCUT2D eigenvalue weighted by Gasteiger charge is 2.30. The number of esters is 1. The zero-order chi connectivity index (χ0) is 18.6. The first-order valence-electron chi connectivity index (χ1n) is 8.77. The first kappa shape index (κ1) is 18.3. The van der Waals surface area contributed by atoms with E-state index in [0.717, 1.165) is 34.0 Å². The lowest BCUT2D eigenvalue weighted by Crippen LogP contribution is -2.12. The van der Waals surface area contributed by atoms with Crippen LogP contribution in [0.25, 0.3) is 11.4 Å². The van der Waals surface area contributed by atoms with Gasteiger partial charge in [-0.25, -0.2) is 0 Å². The number of nitrogens with zero attached hydrogens (tertiary/aromatic N) is 3. The second-order valence-corrected chi connectivity index (χ2v) is 8.35. The van der Waals surface area contributed by atoms with Crippen LogP contribution in [0.1, 0.15) is 12.0 Å². The van der Waals surface area contributed by atoms with Gasteiger partial charge in [0.05, 0.1) is 6.61 Å². The topological polar surface area (TPSA) is 57.0 Å². The van der Waals surface area contributed by atoms with E-state index in [-0.39, 0.29) is 11.2 Å². The molecule has 0 saturated carbocycles. The normalized spacial score (nSPS) is 16.5. The summed E-state index contributed by atoms with van der Waals surface area (Å²) in [5.41, 5.74) is 2.25. The molecule has 7 heteroatoms. The van der Waals surface area contributed by atoms with Crippen LogP contribution in [-0.4, -0.2) is 32.6 Å². The second kappa shape index (κ2) is 8.27. The van der Waals surface area contributed by atoms with Crippen molar-refractivity contribution in [2.45, 2.75) is 29.8 Å². The molecule has 0 aliphatic carbocycles. The number of rotatable bonds is 6. The Morgan fingerprint density at radius 2 is 1.89 bits per heavy atom. The van der Waals surface area contributed by atoms with Gasteiger partial charge in [-0.3, -0.25) is 4.79 Å². The molecule has 4 rings (SSSR count). The minimum atomic E-state index is -0.206. The number of hydrogen-bond donors (Lipinski definition) is 0. The van der Waals surface area contributed by atoms with Crippen molar-refractivity contribution >= 4 is 33.7 Å². The molecule has 0 unspecified atom stereocenters. The Bertz CT molecular complexity index is 928. The summed E-state index contributed by atoms with van der Waals surface area (Å²) in [4.78, 5) is 11.9. The number of thioether (sulfide) groups is 1. The van der Waals surface area contributed by atoms with Crippen molar-refractivity contribution in [3.63, 3.8) is 0 Å². The number of hydrogen-bond acceptors (Lipinski definition) is 5. The summed E-state index contributed by atoms with van der Waals surface area (Å²) in [6, 6.07) is 18.4. The number of cyclic esters (lactones) is 1. The Kier molecular flexibility index (Phi) is 5.59. The lowest BCUT2D eigenvalue weighted by molar-refractivity contribution is -0.137. The number of benzene rings is 2. The van der Waals surface area contributed by atoms with E-state index in [2.05, 4.69) is 42.8 Å². The summed E-state index contributed by atoms with van der Waals surface area (Å²) >= 11 is 4.91. The van der Waals surface area contributed by atoms with Crippen molar-refractivity contribution in [2.24, 2.45) is 0 Å². The predicted octanol–water partition coefficient (Wildman–Crippen LogP) is 4.36. The van der Waals surface area contributed by atoms with Crippen molar-refractivity contribution < 1.29 is 9.53 Å². The Hall–Kier alpha value is -2.12. The highest BCUT2D eigenvalue weighted by molar-refractivity contribution is 9.10. The van der Waals surface area contributed by atoms with Gasteiger partial charge in [-0.15, -0.1) is 10.2 Å². The summed E-state index contributed by atoms with van der Waals surface area (Å²) in [7, 11) is 0. The molecular formula is C20H18BrN3O2S. The number of halogens is 1. The quantitative estimate of drug-likeness (QED) is 0.529. The number of ether oxygens (including phenoxy) is 1. The Morgan fingerprint density at radius 1 is 1.11 bits per heavy atom. The van der Waals surface area contributed by atoms with Crippen LogP contribution in [0.4, 0.5) is 0 Å². The Morgan fingerprint density at radius 3 is 2.59 bits per heavy atom. The second-order valence-electron chi connectivity index (χ2n) is 6.26. The monoisotopic (exact) mass is 443 g/mol. The minimum absolute atomic E-state index is 0.164. The molecule has 1 atom stereocenters. The van der Waals surface area contributed by atoms with Crippen LogP contribution < -0.4 is 0 Å². The smallest absolute Gasteiger partial charge is 0.319 e. The molecule has 0 amide bonds. The van der Waals surface area contributed by atoms with Gasteiger partial charge >= 0.3 is 5.97 Å². The molecule has 1 aliphatic heterocycles. The maximum Gasteiger partial charge on any atom is 0.319 e. The predicted molar refractivity (Wildman–Crippen MR) is 109 cm³/mol. The van der Waals surface area contributed by atoms with E-state index >= 15 is 0 Å². The van der Waals surface area contributed by atoms with Gasteiger partial charge in [0, 0.05) is 23.0 Å². The standard InChI is InChI=1S/C20H18BrN3O2S/c21-16-8-6-15(7-9-16)18-22-23-20(27-17-11-13-26-19(17)25)24(18)12-10-14-4-2-1-3-5-14/h1-9,17H,10-13H2/t17-/m0/s1. The maximum absolute atomic E-state index is 11.9. The van der Waals surface area contributed by atoms with E-state index in [9.17, 15) is 4.79 Å². The van der Waals surface area contributed by atoms with Crippen LogP contribution in [0.3, 0.4) is 0 Å². The van der Waals surface area contributed by atoms with Crippen LogP contribution in [-0.2, 0) is 22.5 Å². The van der Waals surface area contributed by atoms with Gasteiger partial charge in [-0.1, -0.05) is 70.2 Å². The molecule has 0 bridgehead atoms. The van der Waals surface area contributed by atoms with E-state index in [4.69, 9.17) is 4.74 Å². The molecule has 2 heterocycles. The van der Waals surface area contributed by atoms with Gasteiger partial charge in [0.25, 0.3) is 0 Å². The van der Waals surface area contributed by atoms with Gasteiger partial charge in [0.15, 0.2) is 11.0 Å². The molecule has 0 spiro atoms. The molecule has 138 valence electrons. The summed E-state index contributed by atoms with van der Waals surface area (Å²) in [5.74, 6) is 0.648. The lowest BCUT2D eigenvalue weighted by Gasteiger charge is -2.12. The molecule has 27 heavy (non-hydrogen) atoms. The fourth-order valence-corrected chi connectivity index (χ4v) is 4.28. The lowest BCUT2D eigenvalue weighted by atomic mass is 10.1. The number of carbonyl (C=O) groups excluding carboxylic acids is 1. The van der Waals surface area contributed by atoms with Gasteiger partial charge in [-0.2, -0.15) is 0 Å². The largest absolute Gasteiger partial charge is 0.465 e. The van der Waals surface area contributed by atoms with Crippen molar-refractivity contribution in [1.29, 1.82) is 0 Å². The summed E-state index contributed by atoms with van der Waals surface area (Å²) in [5, 5.41) is 9.35. The third kappa shape index (κ3) is 4.25. The van der Waals surface area contributed by atoms with Crippen molar-refractivity contribution in [3.05, 3.63) is 64.6 Å². The molecule has 5 nitrogen and oxygen atoms in total. The number of aromatic nitrogens is 3. The minimum Gasteiger partial charge on any atom is -0.465 e. The molecular weight excluding hydrogens is 426 g/mol. The van der Waals surface area contributed by atoms with E-state index in [1.54, 1.807) is 0 Å². The molecule has 1 saturated heterocycles. The fraction of sp³-hybridized carbons (Fsp3) is 0.250. The number of aryl methyl sites for hydroxylation is 1. The average molecular weight is 444 g/mol. The van der Waals surface area contributed by atoms with Crippen LogP contribution in [0.15, 0.2) is 64.2 Å². The summed E-state index contributed by atoms with van der Waals surface area (Å²) in [6.07, 6.45) is 1.58. The summed E-state index contributed by atoms with van der Waals surface area (Å²) < 4.78 is 8.21. The Balaban J connectivity index is 1.63. The van der Waals surface area contributed by atoms with Gasteiger partial charge < -0.3 is 9.30 Å². The first-order chi connectivity index (χ1) is 13.2. The van der Waals surface area contributed by atoms with Gasteiger partial charge in [-0.05, 0) is 24.1 Å². The number of carbonyl (C=O) groups is 1. The zero-order valence-electron chi connectivity index (χ0n) is 14.5. The van der Waals surface area contributed by atoms with Crippen LogP contribution >= 0.6 is 27.7 Å². The molecule has 3 aromatic rings. The average Bonchev–Trinajstić information content (AvgIpc) is 3.28. The highest BCUT2D eigenvalue weighted by atomic mass is 79.9. The molecule has 0 N–H and O–H groups in total. The SMILES string of the molecule is O=C1OCC[C@@H]1Sc1nnc(-c2ccc(Br)cc2)n1CCc1ccccc1. The van der Waals surface area contributed by atoms with Gasteiger partial charge in [0.1, 0.15) is 5.25 Å². The zero-order valence-corrected chi connectivity index (χ0v) is 16.9. The molecule has 2 aromatic carbocycles. The maximum atomic E-state index is 11.9. The van der Waals surface area contributed by atoms with Crippen LogP contribution in [0.5, 0.6) is 0 Å². The Labute approximate surface area is 170 Å². The van der Waals surface area contributed by atoms with E-state index < -0.39 is 0 Å². The molecule has 1 aromatic heterocycles. The van der Waals surface area contributed by atoms with E-state index in [1.165, 1.54) is 17.3 Å². The third-order valence-corrected chi connectivity index (χ3v) is 6.18. The van der Waals surface area contributed by atoms with Crippen molar-refractivity contribution in [3.8, 4) is 11.4 Å². The fourth-order valence-electron chi connectivity index (χ4n) is 2.99. The van der Waals surface area contributed by atoms with Crippen molar-refractivity contribution in [1.82, 2.24) is 14.8 Å². The van der Waals surface area contributed by atoms with Crippen molar-refractivity contribution in [2.75, 3.05) is 6.61 Å². The highest BCUT2D eigenvalue weighted by Crippen LogP contribution is 2.31. The van der Waals surface area contributed by atoms with E-state index in [0.29, 0.717) is 13.0 Å². The molecule has 1 aliphatic rings. The summed E-state index contributed by atoms with van der Waals surface area (Å²) in [6.45, 7) is 1.22.